The van der Waals surface area contributed by atoms with E-state index >= 15 is 0 Å². The van der Waals surface area contributed by atoms with Gasteiger partial charge in [-0.25, -0.2) is 16.8 Å². The normalized spacial score (nSPS) is 11.4. The van der Waals surface area contributed by atoms with Crippen molar-refractivity contribution < 1.29 is 31.1 Å². The molecule has 2 N–H and O–H groups in total. The second kappa shape index (κ2) is 12.9. The number of hydrogen-bond acceptors (Lipinski definition) is 7. The van der Waals surface area contributed by atoms with Crippen molar-refractivity contribution in [1.82, 2.24) is 0 Å². The SMILES string of the molecule is COc1ccc(S(=O)(=O)N(CC(=O)Nc2ccc(S(=O)(=O)Nc3cccc(Cl)c3)cc2)c2ccc(Cl)cc2)cc1OC. The van der Waals surface area contributed by atoms with Gasteiger partial charge in [0.05, 0.1) is 35.4 Å². The van der Waals surface area contributed by atoms with Crippen molar-refractivity contribution in [1.29, 1.82) is 0 Å². The summed E-state index contributed by atoms with van der Waals surface area (Å²) in [6.45, 7) is -0.602. The highest BCUT2D eigenvalue weighted by molar-refractivity contribution is 7.93. The van der Waals surface area contributed by atoms with Crippen LogP contribution < -0.4 is 23.8 Å². The number of amides is 1. The molecule has 0 aliphatic carbocycles. The third-order valence-electron chi connectivity index (χ3n) is 5.87. The second-order valence-corrected chi connectivity index (χ2v) is 13.1. The van der Waals surface area contributed by atoms with E-state index in [9.17, 15) is 21.6 Å². The van der Waals surface area contributed by atoms with Gasteiger partial charge in [0.15, 0.2) is 11.5 Å². The third kappa shape index (κ3) is 7.26. The number of hydrogen-bond donors (Lipinski definition) is 2. The minimum Gasteiger partial charge on any atom is -0.493 e. The zero-order valence-corrected chi connectivity index (χ0v) is 25.4. The summed E-state index contributed by atoms with van der Waals surface area (Å²) >= 11 is 11.9. The number of carbonyl (C=O) groups excluding carboxylic acids is 1. The number of halogens is 2. The van der Waals surface area contributed by atoms with Crippen molar-refractivity contribution in [3.05, 3.63) is 101 Å². The lowest BCUT2D eigenvalue weighted by atomic mass is 10.3. The fraction of sp³-hybridized carbons (Fsp3) is 0.107. The monoisotopic (exact) mass is 649 g/mol. The Morgan fingerprint density at radius 2 is 1.38 bits per heavy atom. The van der Waals surface area contributed by atoms with Crippen molar-refractivity contribution in [2.24, 2.45) is 0 Å². The molecule has 4 aromatic rings. The fourth-order valence-electron chi connectivity index (χ4n) is 3.84. The van der Waals surface area contributed by atoms with Crippen LogP contribution in [0.2, 0.25) is 10.0 Å². The molecular weight excluding hydrogens is 625 g/mol. The van der Waals surface area contributed by atoms with Gasteiger partial charge in [-0.2, -0.15) is 0 Å². The van der Waals surface area contributed by atoms with Crippen LogP contribution in [0.1, 0.15) is 0 Å². The predicted molar refractivity (Wildman–Crippen MR) is 163 cm³/mol. The lowest BCUT2D eigenvalue weighted by Crippen LogP contribution is -2.38. The van der Waals surface area contributed by atoms with Crippen molar-refractivity contribution in [2.75, 3.05) is 35.1 Å². The molecule has 0 aromatic heterocycles. The molecule has 4 rings (SSSR count). The number of methoxy groups -OCH3 is 2. The van der Waals surface area contributed by atoms with Crippen LogP contribution in [0, 0.1) is 0 Å². The van der Waals surface area contributed by atoms with Gasteiger partial charge in [0.2, 0.25) is 5.91 Å². The molecule has 14 heteroatoms. The number of carbonyl (C=O) groups is 1. The number of nitrogens with one attached hydrogen (secondary N) is 2. The van der Waals surface area contributed by atoms with Gasteiger partial charge in [0.25, 0.3) is 20.0 Å². The summed E-state index contributed by atoms with van der Waals surface area (Å²) in [6.07, 6.45) is 0. The lowest BCUT2D eigenvalue weighted by Gasteiger charge is -2.24. The third-order valence-corrected chi connectivity index (χ3v) is 9.52. The van der Waals surface area contributed by atoms with Crippen LogP contribution >= 0.6 is 23.2 Å². The summed E-state index contributed by atoms with van der Waals surface area (Å²) in [6, 6.07) is 21.7. The van der Waals surface area contributed by atoms with E-state index in [0.29, 0.717) is 15.8 Å². The summed E-state index contributed by atoms with van der Waals surface area (Å²) in [5, 5.41) is 3.36. The second-order valence-electron chi connectivity index (χ2n) is 8.69. The predicted octanol–water partition coefficient (Wildman–Crippen LogP) is 5.65. The number of nitrogens with zero attached hydrogens (tertiary/aromatic N) is 1. The van der Waals surface area contributed by atoms with Crippen molar-refractivity contribution in [3.8, 4) is 11.5 Å². The summed E-state index contributed by atoms with van der Waals surface area (Å²) < 4.78 is 66.8. The Bertz CT molecular complexity index is 1800. The van der Waals surface area contributed by atoms with Crippen molar-refractivity contribution in [3.63, 3.8) is 0 Å². The van der Waals surface area contributed by atoms with E-state index < -0.39 is 32.5 Å². The van der Waals surface area contributed by atoms with E-state index in [1.165, 1.54) is 87.0 Å². The molecule has 220 valence electrons. The molecule has 10 nitrogen and oxygen atoms in total. The maximum atomic E-state index is 13.7. The standard InChI is InChI=1S/C28H25Cl2N3O7S2/c1-39-26-15-14-25(17-27(26)40-2)42(37,38)33(23-10-6-19(29)7-11-23)18-28(34)31-21-8-12-24(13-9-21)41(35,36)32-22-5-3-4-20(30)16-22/h3-17,32H,18H2,1-2H3,(H,31,34). The number of rotatable bonds is 11. The van der Waals surface area contributed by atoms with Gasteiger partial charge in [-0.15, -0.1) is 0 Å². The quantitative estimate of drug-likeness (QED) is 0.215. The Morgan fingerprint density at radius 3 is 2.00 bits per heavy atom. The van der Waals surface area contributed by atoms with Crippen LogP contribution in [0.15, 0.2) is 101 Å². The van der Waals surface area contributed by atoms with Gasteiger partial charge in [0, 0.05) is 21.8 Å². The lowest BCUT2D eigenvalue weighted by molar-refractivity contribution is -0.114. The Balaban J connectivity index is 1.56. The molecule has 0 unspecified atom stereocenters. The van der Waals surface area contributed by atoms with E-state index in [1.54, 1.807) is 18.2 Å². The molecule has 0 heterocycles. The molecule has 0 aliphatic heterocycles. The molecule has 0 aliphatic rings. The Kier molecular flexibility index (Phi) is 9.52. The molecule has 0 radical (unpaired) electrons. The molecule has 0 saturated heterocycles. The number of sulfonamides is 2. The first-order valence-corrected chi connectivity index (χ1v) is 15.8. The van der Waals surface area contributed by atoms with Gasteiger partial charge < -0.3 is 14.8 Å². The molecule has 1 amide bonds. The van der Waals surface area contributed by atoms with Crippen LogP contribution in [-0.4, -0.2) is 43.5 Å². The van der Waals surface area contributed by atoms with Crippen LogP contribution in [-0.2, 0) is 24.8 Å². The average Bonchev–Trinajstić information content (AvgIpc) is 2.96. The highest BCUT2D eigenvalue weighted by Gasteiger charge is 2.28. The summed E-state index contributed by atoms with van der Waals surface area (Å²) in [4.78, 5) is 12.9. The van der Waals surface area contributed by atoms with Gasteiger partial charge in [-0.1, -0.05) is 29.3 Å². The van der Waals surface area contributed by atoms with Crippen molar-refractivity contribution >= 4 is 66.2 Å². The number of ether oxygens (including phenoxy) is 2. The first kappa shape index (κ1) is 31.0. The highest BCUT2D eigenvalue weighted by Crippen LogP contribution is 2.32. The smallest absolute Gasteiger partial charge is 0.264 e. The molecule has 0 atom stereocenters. The molecule has 42 heavy (non-hydrogen) atoms. The minimum atomic E-state index is -4.27. The van der Waals surface area contributed by atoms with Gasteiger partial charge >= 0.3 is 0 Å². The first-order valence-electron chi connectivity index (χ1n) is 12.1. The minimum absolute atomic E-state index is 0.0562. The van der Waals surface area contributed by atoms with Crippen LogP contribution in [0.5, 0.6) is 11.5 Å². The van der Waals surface area contributed by atoms with Crippen LogP contribution in [0.25, 0.3) is 0 Å². The Hall–Kier alpha value is -3.97. The molecule has 0 fully saturated rings. The molecule has 0 spiro atoms. The fourth-order valence-corrected chi connectivity index (χ4v) is 6.64. The van der Waals surface area contributed by atoms with E-state index in [2.05, 4.69) is 10.0 Å². The van der Waals surface area contributed by atoms with E-state index in [1.807, 2.05) is 0 Å². The first-order chi connectivity index (χ1) is 19.9. The van der Waals surface area contributed by atoms with E-state index in [0.717, 1.165) is 4.31 Å². The van der Waals surface area contributed by atoms with Crippen LogP contribution in [0.3, 0.4) is 0 Å². The average molecular weight is 651 g/mol. The summed E-state index contributed by atoms with van der Waals surface area (Å²) in [7, 11) is -5.41. The molecule has 4 aromatic carbocycles. The summed E-state index contributed by atoms with van der Waals surface area (Å²) in [5.41, 5.74) is 0.733. The van der Waals surface area contributed by atoms with E-state index in [4.69, 9.17) is 32.7 Å². The maximum absolute atomic E-state index is 13.7. The van der Waals surface area contributed by atoms with Gasteiger partial charge in [-0.05, 0) is 78.9 Å². The highest BCUT2D eigenvalue weighted by atomic mass is 35.5. The topological polar surface area (TPSA) is 131 Å². The zero-order chi connectivity index (χ0) is 30.5. The molecule has 0 saturated carbocycles. The number of anilines is 3. The largest absolute Gasteiger partial charge is 0.493 e. The zero-order valence-electron chi connectivity index (χ0n) is 22.2. The molecular formula is C28H25Cl2N3O7S2. The van der Waals surface area contributed by atoms with Gasteiger partial charge in [-0.3, -0.25) is 13.8 Å². The maximum Gasteiger partial charge on any atom is 0.264 e. The Labute approximate surface area is 253 Å². The number of benzene rings is 4. The Morgan fingerprint density at radius 1 is 0.738 bits per heavy atom. The van der Waals surface area contributed by atoms with Crippen molar-refractivity contribution in [2.45, 2.75) is 9.79 Å². The van der Waals surface area contributed by atoms with Crippen LogP contribution in [0.4, 0.5) is 17.1 Å². The molecule has 0 bridgehead atoms. The van der Waals surface area contributed by atoms with E-state index in [-0.39, 0.29) is 32.6 Å². The summed E-state index contributed by atoms with van der Waals surface area (Å²) in [5.74, 6) is -0.152. The van der Waals surface area contributed by atoms with Gasteiger partial charge in [0.1, 0.15) is 6.54 Å².